The minimum Gasteiger partial charge on any atom is -0.223 e. The molecule has 8 nitrogen and oxygen atoms in total. The van der Waals surface area contributed by atoms with Crippen LogP contribution in [0.4, 0.5) is 0 Å². The summed E-state index contributed by atoms with van der Waals surface area (Å²) in [5, 5.41) is 0. The van der Waals surface area contributed by atoms with E-state index in [2.05, 4.69) is 0 Å². The van der Waals surface area contributed by atoms with Crippen LogP contribution in [0.25, 0.3) is 0 Å². The monoisotopic (exact) mass is 692 g/mol. The van der Waals surface area contributed by atoms with Crippen LogP contribution < -0.4 is 0 Å². The van der Waals surface area contributed by atoms with E-state index in [1.54, 1.807) is 0 Å². The summed E-state index contributed by atoms with van der Waals surface area (Å²) < 4.78 is 101. The van der Waals surface area contributed by atoms with Crippen LogP contribution in [0.5, 0.6) is 0 Å². The van der Waals surface area contributed by atoms with Crippen molar-refractivity contribution in [1.82, 2.24) is 0 Å². The maximum Gasteiger partial charge on any atom is 0.183 e. The minimum absolute atomic E-state index is 0.176. The Balaban J connectivity index is 1.56. The van der Waals surface area contributed by atoms with Crippen molar-refractivity contribution >= 4 is 133 Å². The lowest BCUT2D eigenvalue weighted by molar-refractivity contribution is 0.605. The van der Waals surface area contributed by atoms with Gasteiger partial charge in [-0.1, -0.05) is 94.1 Å². The molecule has 188 valence electrons. The van der Waals surface area contributed by atoms with Crippen molar-refractivity contribution in [3.8, 4) is 0 Å². The quantitative estimate of drug-likeness (QED) is 0.402. The molecule has 0 amide bonds. The predicted octanol–water partition coefficient (Wildman–Crippen LogP) is 4.72. The van der Waals surface area contributed by atoms with E-state index in [1.165, 1.54) is 47.0 Å². The highest BCUT2D eigenvalue weighted by Crippen LogP contribution is 2.72. The minimum atomic E-state index is -3.72. The summed E-state index contributed by atoms with van der Waals surface area (Å²) in [5.74, 6) is 0. The molecule has 0 fully saturated rings. The third-order valence-corrected chi connectivity index (χ3v) is 23.6. The van der Waals surface area contributed by atoms with Gasteiger partial charge in [0.05, 0.1) is 25.4 Å². The molecule has 0 radical (unpaired) electrons. The van der Waals surface area contributed by atoms with Crippen molar-refractivity contribution in [1.29, 1.82) is 0 Å². The summed E-state index contributed by atoms with van der Waals surface area (Å²) in [5.41, 5.74) is 0. The molecule has 0 saturated carbocycles. The Labute approximate surface area is 231 Å². The van der Waals surface area contributed by atoms with Gasteiger partial charge >= 0.3 is 0 Å². The molecule has 0 unspecified atom stereocenters. The van der Waals surface area contributed by atoms with Gasteiger partial charge in [0.1, 0.15) is 16.9 Å². The molecule has 0 spiro atoms. The Morgan fingerprint density at radius 2 is 0.471 bits per heavy atom. The highest BCUT2D eigenvalue weighted by Gasteiger charge is 2.41. The standard InChI is InChI=1S/C14H12O8S12/c1-31(15,16)11-12(32(2,17)18)28-9(27-11)7-23-5-6(24-7)26-8(25-5)10-29-13(33(3,19)20)14(30-10)34(4,21)22/h1-4H3. The van der Waals surface area contributed by atoms with Gasteiger partial charge in [-0.2, -0.15) is 0 Å². The normalized spacial score (nSPS) is 22.7. The number of hydrogen-bond acceptors (Lipinski definition) is 16. The lowest BCUT2D eigenvalue weighted by atomic mass is 11.2. The molecule has 34 heavy (non-hydrogen) atoms. The van der Waals surface area contributed by atoms with E-state index in [1.807, 2.05) is 0 Å². The van der Waals surface area contributed by atoms with E-state index in [9.17, 15) is 33.7 Å². The molecule has 4 aliphatic rings. The Morgan fingerprint density at radius 1 is 0.324 bits per heavy atom. The molecule has 0 saturated heterocycles. The van der Waals surface area contributed by atoms with E-state index in [0.717, 1.165) is 89.0 Å². The summed E-state index contributed by atoms with van der Waals surface area (Å²) in [6, 6.07) is 0. The lowest BCUT2D eigenvalue weighted by Gasteiger charge is -2.07. The topological polar surface area (TPSA) is 137 Å². The molecule has 4 rings (SSSR count). The lowest BCUT2D eigenvalue weighted by Crippen LogP contribution is -2.03. The summed E-state index contributed by atoms with van der Waals surface area (Å²) in [6.45, 7) is 0. The van der Waals surface area contributed by atoms with Crippen molar-refractivity contribution in [2.75, 3.05) is 25.0 Å². The zero-order chi connectivity index (χ0) is 25.4. The Morgan fingerprint density at radius 3 is 0.618 bits per heavy atom. The van der Waals surface area contributed by atoms with E-state index >= 15 is 0 Å². The van der Waals surface area contributed by atoms with Gasteiger partial charge in [-0.15, -0.1) is 0 Å². The van der Waals surface area contributed by atoms with E-state index in [4.69, 9.17) is 0 Å². The predicted molar refractivity (Wildman–Crippen MR) is 155 cm³/mol. The van der Waals surface area contributed by atoms with Gasteiger partial charge in [-0.05, 0) is 0 Å². The van der Waals surface area contributed by atoms with Crippen LogP contribution in [0.2, 0.25) is 0 Å². The largest absolute Gasteiger partial charge is 0.223 e. The SMILES string of the molecule is CS(=O)(=O)C1=C(S(C)(=O)=O)SC(=C2SC3=C(S2)SC(=C2SC(S(C)(=O)=O)=C(S(C)(=O)=O)S2)S3)S1. The maximum absolute atomic E-state index is 12.1. The highest BCUT2D eigenvalue weighted by molar-refractivity contribution is 8.50. The fourth-order valence-corrected chi connectivity index (χ4v) is 22.6. The zero-order valence-electron chi connectivity index (χ0n) is 17.2. The third-order valence-electron chi connectivity index (χ3n) is 3.66. The second kappa shape index (κ2) is 9.49. The number of hydrogen-bond donors (Lipinski definition) is 0. The number of sulfone groups is 4. The number of thioether (sulfide) groups is 8. The average molecular weight is 693 g/mol. The second-order valence-electron chi connectivity index (χ2n) is 6.78. The van der Waals surface area contributed by atoms with Gasteiger partial charge in [0, 0.05) is 25.0 Å². The van der Waals surface area contributed by atoms with Gasteiger partial charge < -0.3 is 0 Å². The molecule has 0 aromatic rings. The van der Waals surface area contributed by atoms with E-state index in [-0.39, 0.29) is 16.9 Å². The van der Waals surface area contributed by atoms with E-state index < -0.39 is 39.3 Å². The highest BCUT2D eigenvalue weighted by atomic mass is 32.3. The molecule has 0 atom stereocenters. The van der Waals surface area contributed by atoms with Crippen LogP contribution in [-0.2, 0) is 39.3 Å². The van der Waals surface area contributed by atoms with Crippen molar-refractivity contribution in [2.24, 2.45) is 0 Å². The molecule has 0 aliphatic carbocycles. The first-order valence-corrected chi connectivity index (χ1v) is 22.4. The molecule has 4 aliphatic heterocycles. The van der Waals surface area contributed by atoms with E-state index in [0.29, 0.717) is 8.47 Å². The summed E-state index contributed by atoms with van der Waals surface area (Å²) in [6.07, 6.45) is 3.91. The summed E-state index contributed by atoms with van der Waals surface area (Å²) in [7, 11) is -14.9. The molecule has 0 aromatic heterocycles. The molecule has 4 heterocycles. The number of rotatable bonds is 4. The third kappa shape index (κ3) is 5.81. The van der Waals surface area contributed by atoms with Gasteiger partial charge in [0.2, 0.25) is 0 Å². The Bertz CT molecular complexity index is 1380. The van der Waals surface area contributed by atoms with Gasteiger partial charge in [-0.3, -0.25) is 0 Å². The van der Waals surface area contributed by atoms with Crippen molar-refractivity contribution in [3.05, 3.63) is 42.4 Å². The Hall–Kier alpha value is 1.30. The molecule has 0 N–H and O–H groups in total. The Kier molecular flexibility index (Phi) is 7.90. The van der Waals surface area contributed by atoms with Crippen LogP contribution in [-0.4, -0.2) is 58.7 Å². The van der Waals surface area contributed by atoms with Gasteiger partial charge in [0.25, 0.3) is 0 Å². The second-order valence-corrected chi connectivity index (χ2v) is 25.3. The summed E-state index contributed by atoms with van der Waals surface area (Å²) in [4.78, 5) is 0. The van der Waals surface area contributed by atoms with Gasteiger partial charge in [-0.25, -0.2) is 33.7 Å². The van der Waals surface area contributed by atoms with Crippen LogP contribution in [0.1, 0.15) is 0 Å². The fourth-order valence-electron chi connectivity index (χ4n) is 2.37. The molecule has 0 bridgehead atoms. The first kappa shape index (κ1) is 28.3. The van der Waals surface area contributed by atoms with Gasteiger partial charge in [0.15, 0.2) is 39.3 Å². The summed E-state index contributed by atoms with van der Waals surface area (Å²) >= 11 is 9.25. The molecular formula is C14H12O8S12. The molecule has 20 heteroatoms. The first-order valence-electron chi connectivity index (χ1n) is 8.30. The molecular weight excluding hydrogens is 681 g/mol. The molecule has 0 aromatic carbocycles. The maximum atomic E-state index is 12.1. The van der Waals surface area contributed by atoms with Crippen molar-refractivity contribution in [2.45, 2.75) is 0 Å². The van der Waals surface area contributed by atoms with Crippen LogP contribution in [0, 0.1) is 0 Å². The van der Waals surface area contributed by atoms with Crippen molar-refractivity contribution < 1.29 is 33.7 Å². The van der Waals surface area contributed by atoms with Crippen LogP contribution >= 0.6 is 94.1 Å². The van der Waals surface area contributed by atoms with Crippen LogP contribution in [0.3, 0.4) is 0 Å². The first-order chi connectivity index (χ1) is 15.4. The van der Waals surface area contributed by atoms with Crippen LogP contribution in [0.15, 0.2) is 42.4 Å². The smallest absolute Gasteiger partial charge is 0.183 e. The van der Waals surface area contributed by atoms with Crippen molar-refractivity contribution in [3.63, 3.8) is 0 Å². The fraction of sp³-hybridized carbons (Fsp3) is 0.286. The zero-order valence-corrected chi connectivity index (χ0v) is 27.0. The average Bonchev–Trinajstić information content (AvgIpc) is 3.38.